The van der Waals surface area contributed by atoms with E-state index in [1.165, 1.54) is 11.1 Å². The summed E-state index contributed by atoms with van der Waals surface area (Å²) < 4.78 is 5.85. The number of para-hydroxylation sites is 1. The highest BCUT2D eigenvalue weighted by Crippen LogP contribution is 2.28. The Morgan fingerprint density at radius 3 is 2.45 bits per heavy atom. The van der Waals surface area contributed by atoms with Crippen LogP contribution in [0.2, 0.25) is 0 Å². The first kappa shape index (κ1) is 14.2. The number of hydrogen-bond donors (Lipinski definition) is 0. The molecule has 2 aromatic rings. The second-order valence-corrected chi connectivity index (χ2v) is 4.97. The van der Waals surface area contributed by atoms with Gasteiger partial charge in [0, 0.05) is 6.42 Å². The second-order valence-electron chi connectivity index (χ2n) is 4.97. The zero-order valence-electron chi connectivity index (χ0n) is 12.3. The van der Waals surface area contributed by atoms with Crippen molar-refractivity contribution in [2.24, 2.45) is 0 Å². The Labute approximate surface area is 121 Å². The number of aryl methyl sites for hydroxylation is 1. The van der Waals surface area contributed by atoms with E-state index in [1.807, 2.05) is 43.3 Å². The van der Waals surface area contributed by atoms with Gasteiger partial charge in [0.2, 0.25) is 0 Å². The molecule has 20 heavy (non-hydrogen) atoms. The molecule has 0 aliphatic rings. The predicted octanol–water partition coefficient (Wildman–Crippen LogP) is 5.30. The van der Waals surface area contributed by atoms with Crippen LogP contribution < -0.4 is 4.74 Å². The lowest BCUT2D eigenvalue weighted by atomic mass is 9.94. The first-order valence-corrected chi connectivity index (χ1v) is 6.93. The van der Waals surface area contributed by atoms with E-state index in [-0.39, 0.29) is 0 Å². The summed E-state index contributed by atoms with van der Waals surface area (Å²) in [4.78, 5) is 0. The third-order valence-electron chi connectivity index (χ3n) is 3.34. The molecule has 0 saturated carbocycles. The van der Waals surface area contributed by atoms with Crippen LogP contribution in [0.5, 0.6) is 11.5 Å². The van der Waals surface area contributed by atoms with E-state index in [1.54, 1.807) is 0 Å². The topological polar surface area (TPSA) is 9.23 Å². The standard InChI is InChI=1S/C19H20O/c1-4-5-9-15(2)19-13-12-18(14-16(19)3)20-17-10-7-6-8-11-17/h6-8,10-15H,9H2,1-3H3. The van der Waals surface area contributed by atoms with Crippen LogP contribution in [0.3, 0.4) is 0 Å². The molecule has 102 valence electrons. The van der Waals surface area contributed by atoms with Gasteiger partial charge in [-0.1, -0.05) is 31.2 Å². The van der Waals surface area contributed by atoms with Crippen LogP contribution in [0.4, 0.5) is 0 Å². The van der Waals surface area contributed by atoms with Crippen LogP contribution in [-0.4, -0.2) is 0 Å². The van der Waals surface area contributed by atoms with E-state index in [2.05, 4.69) is 37.8 Å². The molecule has 0 heterocycles. The fourth-order valence-corrected chi connectivity index (χ4v) is 2.25. The fraction of sp³-hybridized carbons (Fsp3) is 0.263. The van der Waals surface area contributed by atoms with Crippen molar-refractivity contribution in [1.29, 1.82) is 0 Å². The summed E-state index contributed by atoms with van der Waals surface area (Å²) in [7, 11) is 0. The lowest BCUT2D eigenvalue weighted by Gasteiger charge is -2.14. The summed E-state index contributed by atoms with van der Waals surface area (Å²) in [6, 6.07) is 16.1. The Morgan fingerprint density at radius 1 is 1.05 bits per heavy atom. The van der Waals surface area contributed by atoms with Gasteiger partial charge in [0.1, 0.15) is 11.5 Å². The van der Waals surface area contributed by atoms with E-state index in [0.29, 0.717) is 5.92 Å². The first-order valence-electron chi connectivity index (χ1n) is 6.93. The van der Waals surface area contributed by atoms with Gasteiger partial charge >= 0.3 is 0 Å². The average Bonchev–Trinajstić information content (AvgIpc) is 2.46. The van der Waals surface area contributed by atoms with Crippen LogP contribution in [0, 0.1) is 18.8 Å². The SMILES string of the molecule is CC#CCC(C)c1ccc(Oc2ccccc2)cc1C. The van der Waals surface area contributed by atoms with Gasteiger partial charge in [-0.25, -0.2) is 0 Å². The summed E-state index contributed by atoms with van der Waals surface area (Å²) in [6.45, 7) is 6.23. The van der Waals surface area contributed by atoms with Gasteiger partial charge in [0.05, 0.1) is 0 Å². The van der Waals surface area contributed by atoms with Crippen molar-refractivity contribution in [3.63, 3.8) is 0 Å². The highest BCUT2D eigenvalue weighted by Gasteiger charge is 2.08. The monoisotopic (exact) mass is 264 g/mol. The van der Waals surface area contributed by atoms with Crippen molar-refractivity contribution in [3.05, 3.63) is 59.7 Å². The molecule has 0 radical (unpaired) electrons. The summed E-state index contributed by atoms with van der Waals surface area (Å²) >= 11 is 0. The second kappa shape index (κ2) is 6.82. The van der Waals surface area contributed by atoms with Crippen LogP contribution in [0.15, 0.2) is 48.5 Å². The van der Waals surface area contributed by atoms with Gasteiger partial charge in [-0.15, -0.1) is 11.8 Å². The molecule has 1 heteroatoms. The molecule has 0 bridgehead atoms. The molecule has 0 aromatic heterocycles. The molecule has 0 aliphatic heterocycles. The Morgan fingerprint density at radius 2 is 1.80 bits per heavy atom. The van der Waals surface area contributed by atoms with Crippen molar-refractivity contribution in [2.45, 2.75) is 33.1 Å². The van der Waals surface area contributed by atoms with Crippen molar-refractivity contribution in [1.82, 2.24) is 0 Å². The maximum atomic E-state index is 5.85. The summed E-state index contributed by atoms with van der Waals surface area (Å²) in [5.41, 5.74) is 2.59. The van der Waals surface area contributed by atoms with E-state index in [9.17, 15) is 0 Å². The zero-order chi connectivity index (χ0) is 14.4. The predicted molar refractivity (Wildman–Crippen MR) is 84.2 cm³/mol. The van der Waals surface area contributed by atoms with Crippen molar-refractivity contribution < 1.29 is 4.74 Å². The largest absolute Gasteiger partial charge is 0.457 e. The maximum Gasteiger partial charge on any atom is 0.127 e. The number of benzene rings is 2. The van der Waals surface area contributed by atoms with Crippen LogP contribution in [0.1, 0.15) is 37.3 Å². The van der Waals surface area contributed by atoms with Crippen LogP contribution in [0.25, 0.3) is 0 Å². The lowest BCUT2D eigenvalue weighted by Crippen LogP contribution is -1.96. The first-order chi connectivity index (χ1) is 9.70. The lowest BCUT2D eigenvalue weighted by molar-refractivity contribution is 0.482. The van der Waals surface area contributed by atoms with Gasteiger partial charge in [0.25, 0.3) is 0 Å². The third-order valence-corrected chi connectivity index (χ3v) is 3.34. The number of rotatable bonds is 4. The van der Waals surface area contributed by atoms with Crippen molar-refractivity contribution in [3.8, 4) is 23.3 Å². The molecule has 0 spiro atoms. The third kappa shape index (κ3) is 3.65. The van der Waals surface area contributed by atoms with E-state index in [4.69, 9.17) is 4.74 Å². The molecule has 0 N–H and O–H groups in total. The molecule has 1 atom stereocenters. The van der Waals surface area contributed by atoms with Gasteiger partial charge in [-0.2, -0.15) is 0 Å². The minimum Gasteiger partial charge on any atom is -0.457 e. The Bertz CT molecular complexity index is 617. The fourth-order valence-electron chi connectivity index (χ4n) is 2.25. The Kier molecular flexibility index (Phi) is 4.85. The molecular formula is C19H20O. The molecule has 0 amide bonds. The molecule has 1 nitrogen and oxygen atoms in total. The average molecular weight is 264 g/mol. The summed E-state index contributed by atoms with van der Waals surface area (Å²) in [5.74, 6) is 8.30. The van der Waals surface area contributed by atoms with E-state index < -0.39 is 0 Å². The molecule has 0 fully saturated rings. The molecule has 1 unspecified atom stereocenters. The molecule has 0 saturated heterocycles. The highest BCUT2D eigenvalue weighted by atomic mass is 16.5. The van der Waals surface area contributed by atoms with Gasteiger partial charge < -0.3 is 4.74 Å². The Hall–Kier alpha value is -2.20. The van der Waals surface area contributed by atoms with Gasteiger partial charge in [-0.3, -0.25) is 0 Å². The zero-order valence-corrected chi connectivity index (χ0v) is 12.3. The quantitative estimate of drug-likeness (QED) is 0.680. The number of ether oxygens (including phenoxy) is 1. The van der Waals surface area contributed by atoms with Crippen LogP contribution >= 0.6 is 0 Å². The summed E-state index contributed by atoms with van der Waals surface area (Å²) in [6.07, 6.45) is 0.899. The molecule has 2 aromatic carbocycles. The summed E-state index contributed by atoms with van der Waals surface area (Å²) in [5, 5.41) is 0. The smallest absolute Gasteiger partial charge is 0.127 e. The van der Waals surface area contributed by atoms with E-state index >= 15 is 0 Å². The molecule has 0 aliphatic carbocycles. The normalized spacial score (nSPS) is 11.3. The molecular weight excluding hydrogens is 244 g/mol. The minimum atomic E-state index is 0.452. The Balaban J connectivity index is 2.14. The van der Waals surface area contributed by atoms with E-state index in [0.717, 1.165) is 17.9 Å². The van der Waals surface area contributed by atoms with Gasteiger partial charge in [0.15, 0.2) is 0 Å². The van der Waals surface area contributed by atoms with Gasteiger partial charge in [-0.05, 0) is 55.2 Å². The number of hydrogen-bond acceptors (Lipinski definition) is 1. The van der Waals surface area contributed by atoms with Crippen LogP contribution in [-0.2, 0) is 0 Å². The molecule has 2 rings (SSSR count). The minimum absolute atomic E-state index is 0.452. The van der Waals surface area contributed by atoms with Crippen molar-refractivity contribution >= 4 is 0 Å². The highest BCUT2D eigenvalue weighted by molar-refractivity contribution is 5.39. The van der Waals surface area contributed by atoms with Crippen molar-refractivity contribution in [2.75, 3.05) is 0 Å². The maximum absolute atomic E-state index is 5.85.